The highest BCUT2D eigenvalue weighted by molar-refractivity contribution is 5.85. The number of aromatic nitrogens is 1. The molecular weight excluding hydrogens is 278 g/mol. The normalized spacial score (nSPS) is 10.8. The van der Waals surface area contributed by atoms with E-state index in [-0.39, 0.29) is 0 Å². The van der Waals surface area contributed by atoms with Gasteiger partial charge in [-0.3, -0.25) is 0 Å². The van der Waals surface area contributed by atoms with Gasteiger partial charge in [0.25, 0.3) is 0 Å². The standard InChI is InChI=1S/C22H18N/c1-2-7-18(8-3-1)19-13-15-23(16-14-19)17-21-11-6-10-20-9-4-5-12-22(20)21/h1-16H,17H2/q+1. The van der Waals surface area contributed by atoms with Crippen LogP contribution in [0, 0.1) is 0 Å². The van der Waals surface area contributed by atoms with E-state index in [0.717, 1.165) is 6.54 Å². The highest BCUT2D eigenvalue weighted by atomic mass is 14.9. The summed E-state index contributed by atoms with van der Waals surface area (Å²) in [5.41, 5.74) is 3.85. The van der Waals surface area contributed by atoms with Gasteiger partial charge < -0.3 is 0 Å². The van der Waals surface area contributed by atoms with Crippen LogP contribution in [0.1, 0.15) is 5.56 Å². The maximum atomic E-state index is 2.23. The largest absolute Gasteiger partial charge is 0.201 e. The Morgan fingerprint density at radius 3 is 2.04 bits per heavy atom. The zero-order valence-electron chi connectivity index (χ0n) is 12.9. The van der Waals surface area contributed by atoms with Crippen molar-refractivity contribution in [3.05, 3.63) is 103 Å². The Bertz CT molecular complexity index is 919. The summed E-state index contributed by atoms with van der Waals surface area (Å²) < 4.78 is 2.23. The minimum Gasteiger partial charge on any atom is -0.201 e. The predicted molar refractivity (Wildman–Crippen MR) is 95.1 cm³/mol. The zero-order valence-corrected chi connectivity index (χ0v) is 12.9. The van der Waals surface area contributed by atoms with Crippen LogP contribution in [0.4, 0.5) is 0 Å². The van der Waals surface area contributed by atoms with Crippen LogP contribution in [0.2, 0.25) is 0 Å². The summed E-state index contributed by atoms with van der Waals surface area (Å²) in [4.78, 5) is 0. The topological polar surface area (TPSA) is 3.88 Å². The van der Waals surface area contributed by atoms with Gasteiger partial charge in [-0.2, -0.15) is 0 Å². The van der Waals surface area contributed by atoms with E-state index in [9.17, 15) is 0 Å². The summed E-state index contributed by atoms with van der Waals surface area (Å²) in [5.74, 6) is 0. The maximum absolute atomic E-state index is 2.23. The molecule has 0 bridgehead atoms. The van der Waals surface area contributed by atoms with Crippen molar-refractivity contribution in [2.45, 2.75) is 6.54 Å². The van der Waals surface area contributed by atoms with Crippen molar-refractivity contribution >= 4 is 10.8 Å². The molecule has 0 saturated carbocycles. The third kappa shape index (κ3) is 2.86. The Morgan fingerprint density at radius 2 is 1.22 bits per heavy atom. The second-order valence-corrected chi connectivity index (χ2v) is 5.76. The molecule has 0 aliphatic heterocycles. The van der Waals surface area contributed by atoms with E-state index in [4.69, 9.17) is 0 Å². The zero-order chi connectivity index (χ0) is 15.5. The van der Waals surface area contributed by atoms with E-state index in [1.807, 2.05) is 6.07 Å². The first-order chi connectivity index (χ1) is 11.4. The SMILES string of the molecule is c1ccc(-c2cc[n+](Cc3cccc4ccccc34)cc2)cc1. The number of hydrogen-bond acceptors (Lipinski definition) is 0. The fourth-order valence-corrected chi connectivity index (χ4v) is 3.01. The van der Waals surface area contributed by atoms with E-state index in [1.54, 1.807) is 0 Å². The van der Waals surface area contributed by atoms with E-state index in [1.165, 1.54) is 27.5 Å². The molecule has 0 aliphatic carbocycles. The minimum absolute atomic E-state index is 0.885. The molecule has 1 heterocycles. The van der Waals surface area contributed by atoms with Gasteiger partial charge in [-0.05, 0) is 21.9 Å². The molecule has 4 aromatic rings. The van der Waals surface area contributed by atoms with Crippen molar-refractivity contribution in [1.29, 1.82) is 0 Å². The Hall–Kier alpha value is -2.93. The molecule has 0 atom stereocenters. The molecule has 1 aromatic heterocycles. The molecule has 0 amide bonds. The van der Waals surface area contributed by atoms with Gasteiger partial charge in [-0.15, -0.1) is 0 Å². The number of benzene rings is 3. The molecule has 110 valence electrons. The fraction of sp³-hybridized carbons (Fsp3) is 0.0455. The van der Waals surface area contributed by atoms with Crippen LogP contribution in [0.3, 0.4) is 0 Å². The van der Waals surface area contributed by atoms with Gasteiger partial charge in [0.1, 0.15) is 0 Å². The Balaban J connectivity index is 1.64. The van der Waals surface area contributed by atoms with Gasteiger partial charge in [0, 0.05) is 17.7 Å². The number of fused-ring (bicyclic) bond motifs is 1. The van der Waals surface area contributed by atoms with Gasteiger partial charge in [0.2, 0.25) is 0 Å². The lowest BCUT2D eigenvalue weighted by molar-refractivity contribution is -0.688. The lowest BCUT2D eigenvalue weighted by Crippen LogP contribution is -2.33. The first kappa shape index (κ1) is 13.7. The Kier molecular flexibility index (Phi) is 3.61. The van der Waals surface area contributed by atoms with Crippen molar-refractivity contribution in [2.75, 3.05) is 0 Å². The van der Waals surface area contributed by atoms with Gasteiger partial charge in [0.05, 0.1) is 0 Å². The average molecular weight is 296 g/mol. The number of hydrogen-bond donors (Lipinski definition) is 0. The molecule has 0 fully saturated rings. The van der Waals surface area contributed by atoms with Crippen molar-refractivity contribution in [3.63, 3.8) is 0 Å². The van der Waals surface area contributed by atoms with Crippen molar-refractivity contribution in [1.82, 2.24) is 0 Å². The maximum Gasteiger partial charge on any atom is 0.174 e. The quantitative estimate of drug-likeness (QED) is 0.476. The Morgan fingerprint density at radius 1 is 0.565 bits per heavy atom. The third-order valence-corrected chi connectivity index (χ3v) is 4.23. The second kappa shape index (κ2) is 6.05. The van der Waals surface area contributed by atoms with Crippen molar-refractivity contribution in [3.8, 4) is 11.1 Å². The van der Waals surface area contributed by atoms with Crippen LogP contribution in [-0.4, -0.2) is 0 Å². The summed E-state index contributed by atoms with van der Waals surface area (Å²) in [6.45, 7) is 0.885. The van der Waals surface area contributed by atoms with Crippen LogP contribution in [-0.2, 0) is 6.54 Å². The highest BCUT2D eigenvalue weighted by Gasteiger charge is 2.07. The van der Waals surface area contributed by atoms with Crippen LogP contribution < -0.4 is 4.57 Å². The molecule has 23 heavy (non-hydrogen) atoms. The molecule has 0 saturated heterocycles. The van der Waals surface area contributed by atoms with Crippen molar-refractivity contribution < 1.29 is 4.57 Å². The van der Waals surface area contributed by atoms with E-state index >= 15 is 0 Å². The molecule has 0 N–H and O–H groups in total. The molecule has 1 nitrogen and oxygen atoms in total. The van der Waals surface area contributed by atoms with E-state index in [2.05, 4.69) is 95.8 Å². The van der Waals surface area contributed by atoms with Gasteiger partial charge in [0.15, 0.2) is 18.9 Å². The summed E-state index contributed by atoms with van der Waals surface area (Å²) in [7, 11) is 0. The summed E-state index contributed by atoms with van der Waals surface area (Å²) >= 11 is 0. The van der Waals surface area contributed by atoms with Gasteiger partial charge in [-0.1, -0.05) is 72.8 Å². The average Bonchev–Trinajstić information content (AvgIpc) is 2.63. The first-order valence-corrected chi connectivity index (χ1v) is 7.91. The van der Waals surface area contributed by atoms with Crippen LogP contribution in [0.25, 0.3) is 21.9 Å². The first-order valence-electron chi connectivity index (χ1n) is 7.91. The second-order valence-electron chi connectivity index (χ2n) is 5.76. The predicted octanol–water partition coefficient (Wildman–Crippen LogP) is 4.84. The van der Waals surface area contributed by atoms with Gasteiger partial charge >= 0.3 is 0 Å². The molecule has 3 aromatic carbocycles. The lowest BCUT2D eigenvalue weighted by atomic mass is 10.0. The Labute approximate surface area is 136 Å². The molecule has 0 radical (unpaired) electrons. The highest BCUT2D eigenvalue weighted by Crippen LogP contribution is 2.19. The molecular formula is C22H18N+. The monoisotopic (exact) mass is 296 g/mol. The summed E-state index contributed by atoms with van der Waals surface area (Å²) in [6.07, 6.45) is 4.31. The van der Waals surface area contributed by atoms with Crippen LogP contribution in [0.5, 0.6) is 0 Å². The summed E-state index contributed by atoms with van der Waals surface area (Å²) in [5, 5.41) is 2.63. The minimum atomic E-state index is 0.885. The van der Waals surface area contributed by atoms with E-state index < -0.39 is 0 Å². The number of nitrogens with zero attached hydrogens (tertiary/aromatic N) is 1. The van der Waals surface area contributed by atoms with Gasteiger partial charge in [-0.25, -0.2) is 4.57 Å². The summed E-state index contributed by atoms with van der Waals surface area (Å²) in [6, 6.07) is 29.9. The molecule has 0 unspecified atom stereocenters. The third-order valence-electron chi connectivity index (χ3n) is 4.23. The number of pyridine rings is 1. The number of rotatable bonds is 3. The molecule has 0 aliphatic rings. The fourth-order valence-electron chi connectivity index (χ4n) is 3.01. The lowest BCUT2D eigenvalue weighted by Gasteiger charge is -2.04. The molecule has 1 heteroatoms. The van der Waals surface area contributed by atoms with Crippen LogP contribution >= 0.6 is 0 Å². The smallest absolute Gasteiger partial charge is 0.174 e. The molecule has 4 rings (SSSR count). The van der Waals surface area contributed by atoms with Crippen LogP contribution in [0.15, 0.2) is 97.3 Å². The van der Waals surface area contributed by atoms with E-state index in [0.29, 0.717) is 0 Å². The van der Waals surface area contributed by atoms with Crippen molar-refractivity contribution in [2.24, 2.45) is 0 Å². The molecule has 0 spiro atoms.